The molecule has 2 heterocycles. The molecule has 3 amide bonds. The van der Waals surface area contributed by atoms with Gasteiger partial charge in [0.2, 0.25) is 5.91 Å². The summed E-state index contributed by atoms with van der Waals surface area (Å²) in [7, 11) is 0. The number of likely N-dealkylation sites (tertiary alicyclic amines) is 1. The fraction of sp³-hybridized carbons (Fsp3) is 0.208. The number of rotatable bonds is 5. The number of hydrogen-bond acceptors (Lipinski definition) is 4. The van der Waals surface area contributed by atoms with Crippen LogP contribution in [0.2, 0.25) is 0 Å². The summed E-state index contributed by atoms with van der Waals surface area (Å²) < 4.78 is 5.72. The molecule has 0 aliphatic carbocycles. The van der Waals surface area contributed by atoms with Gasteiger partial charge in [-0.1, -0.05) is 24.3 Å². The predicted molar refractivity (Wildman–Crippen MR) is 125 cm³/mol. The molecule has 3 aromatic rings. The smallest absolute Gasteiger partial charge is 0.291 e. The number of halogens is 1. The first-order valence-electron chi connectivity index (χ1n) is 10.3. The van der Waals surface area contributed by atoms with Crippen LogP contribution in [0, 0.1) is 5.92 Å². The van der Waals surface area contributed by atoms with Gasteiger partial charge in [-0.05, 0) is 71.2 Å². The van der Waals surface area contributed by atoms with Gasteiger partial charge in [-0.2, -0.15) is 0 Å². The molecule has 32 heavy (non-hydrogen) atoms. The number of nitrogens with one attached hydrogen (secondary N) is 2. The number of piperidine rings is 1. The first kappa shape index (κ1) is 21.8. The summed E-state index contributed by atoms with van der Waals surface area (Å²) >= 11 is 3.17. The highest BCUT2D eigenvalue weighted by molar-refractivity contribution is 9.10. The highest BCUT2D eigenvalue weighted by atomic mass is 79.9. The summed E-state index contributed by atoms with van der Waals surface area (Å²) in [5.74, 6) is -0.764. The Bertz CT molecular complexity index is 1130. The molecular formula is C24H22BrN3O4. The van der Waals surface area contributed by atoms with Crippen LogP contribution in [-0.4, -0.2) is 35.7 Å². The molecule has 8 heteroatoms. The normalized spacial score (nSPS) is 15.8. The molecule has 0 radical (unpaired) electrons. The van der Waals surface area contributed by atoms with E-state index in [-0.39, 0.29) is 23.5 Å². The molecule has 1 unspecified atom stereocenters. The van der Waals surface area contributed by atoms with Gasteiger partial charge in [-0.15, -0.1) is 0 Å². The quantitative estimate of drug-likeness (QED) is 0.532. The summed E-state index contributed by atoms with van der Waals surface area (Å²) in [5.41, 5.74) is 1.68. The molecule has 0 saturated carbocycles. The van der Waals surface area contributed by atoms with Crippen molar-refractivity contribution in [3.8, 4) is 0 Å². The first-order chi connectivity index (χ1) is 15.5. The van der Waals surface area contributed by atoms with E-state index in [1.807, 2.05) is 30.3 Å². The molecule has 0 bridgehead atoms. The zero-order valence-electron chi connectivity index (χ0n) is 17.2. The predicted octanol–water partition coefficient (Wildman–Crippen LogP) is 4.79. The average Bonchev–Trinajstić information content (AvgIpc) is 3.26. The van der Waals surface area contributed by atoms with Crippen LogP contribution in [0.4, 0.5) is 11.4 Å². The van der Waals surface area contributed by atoms with Crippen LogP contribution in [0.25, 0.3) is 0 Å². The van der Waals surface area contributed by atoms with Crippen molar-refractivity contribution in [2.75, 3.05) is 23.7 Å². The average molecular weight is 496 g/mol. The lowest BCUT2D eigenvalue weighted by molar-refractivity contribution is -0.121. The van der Waals surface area contributed by atoms with E-state index >= 15 is 0 Å². The van der Waals surface area contributed by atoms with Crippen molar-refractivity contribution in [3.63, 3.8) is 0 Å². The number of furan rings is 1. The van der Waals surface area contributed by atoms with Crippen LogP contribution in [0.15, 0.2) is 75.8 Å². The van der Waals surface area contributed by atoms with Crippen molar-refractivity contribution in [1.82, 2.24) is 4.90 Å². The fourth-order valence-corrected chi connectivity index (χ4v) is 3.99. The molecule has 2 aromatic carbocycles. The molecule has 7 nitrogen and oxygen atoms in total. The first-order valence-corrected chi connectivity index (χ1v) is 11.1. The van der Waals surface area contributed by atoms with Gasteiger partial charge in [0.05, 0.1) is 5.92 Å². The Morgan fingerprint density at radius 2 is 1.72 bits per heavy atom. The minimum absolute atomic E-state index is 0.0840. The lowest BCUT2D eigenvalue weighted by Gasteiger charge is -2.32. The van der Waals surface area contributed by atoms with Crippen molar-refractivity contribution >= 4 is 45.0 Å². The van der Waals surface area contributed by atoms with E-state index in [0.717, 1.165) is 18.5 Å². The summed E-state index contributed by atoms with van der Waals surface area (Å²) in [6, 6.07) is 19.2. The molecule has 1 aromatic heterocycles. The van der Waals surface area contributed by atoms with Crippen LogP contribution in [0.5, 0.6) is 0 Å². The molecule has 2 N–H and O–H groups in total. The molecule has 1 atom stereocenters. The second-order valence-electron chi connectivity index (χ2n) is 7.58. The second kappa shape index (κ2) is 9.82. The Kier molecular flexibility index (Phi) is 6.70. The molecule has 1 aliphatic rings. The number of carbonyl (C=O) groups is 3. The lowest BCUT2D eigenvalue weighted by atomic mass is 9.96. The molecular weight excluding hydrogens is 474 g/mol. The van der Waals surface area contributed by atoms with Crippen LogP contribution in [-0.2, 0) is 4.79 Å². The van der Waals surface area contributed by atoms with E-state index in [1.165, 1.54) is 0 Å². The number of anilines is 2. The Balaban J connectivity index is 1.40. The summed E-state index contributed by atoms with van der Waals surface area (Å²) in [5, 5.41) is 5.66. The number of hydrogen-bond donors (Lipinski definition) is 2. The van der Waals surface area contributed by atoms with E-state index in [2.05, 4.69) is 26.6 Å². The number of nitrogens with zero attached hydrogens (tertiary/aromatic N) is 1. The van der Waals surface area contributed by atoms with E-state index in [0.29, 0.717) is 29.0 Å². The van der Waals surface area contributed by atoms with Crippen molar-refractivity contribution in [1.29, 1.82) is 0 Å². The van der Waals surface area contributed by atoms with Gasteiger partial charge in [0.1, 0.15) is 0 Å². The van der Waals surface area contributed by atoms with Crippen molar-refractivity contribution < 1.29 is 18.8 Å². The molecule has 164 valence electrons. The Labute approximate surface area is 193 Å². The maximum atomic E-state index is 13.1. The lowest BCUT2D eigenvalue weighted by Crippen LogP contribution is -2.43. The van der Waals surface area contributed by atoms with Crippen LogP contribution in [0.1, 0.15) is 33.8 Å². The topological polar surface area (TPSA) is 91.7 Å². The highest BCUT2D eigenvalue weighted by Gasteiger charge is 2.29. The Hall–Kier alpha value is -3.39. The summed E-state index contributed by atoms with van der Waals surface area (Å²) in [6.07, 6.45) is 1.49. The van der Waals surface area contributed by atoms with Crippen molar-refractivity contribution in [3.05, 3.63) is 82.7 Å². The number of benzene rings is 2. The molecule has 1 aliphatic heterocycles. The molecule has 1 saturated heterocycles. The van der Waals surface area contributed by atoms with Gasteiger partial charge >= 0.3 is 0 Å². The maximum absolute atomic E-state index is 13.1. The molecule has 0 spiro atoms. The van der Waals surface area contributed by atoms with E-state index in [4.69, 9.17) is 4.42 Å². The van der Waals surface area contributed by atoms with Crippen molar-refractivity contribution in [2.45, 2.75) is 12.8 Å². The van der Waals surface area contributed by atoms with Gasteiger partial charge in [-0.25, -0.2) is 0 Å². The maximum Gasteiger partial charge on any atom is 0.291 e. The van der Waals surface area contributed by atoms with Gasteiger partial charge in [-0.3, -0.25) is 14.4 Å². The summed E-state index contributed by atoms with van der Waals surface area (Å²) in [4.78, 5) is 39.8. The number of carbonyl (C=O) groups excluding carboxylic acids is 3. The minimum Gasteiger partial charge on any atom is -0.444 e. The number of amides is 3. The Morgan fingerprint density at radius 1 is 0.938 bits per heavy atom. The van der Waals surface area contributed by atoms with Crippen molar-refractivity contribution in [2.24, 2.45) is 5.92 Å². The largest absolute Gasteiger partial charge is 0.444 e. The standard InChI is InChI=1S/C24H22BrN3O4/c25-21-12-11-20(32-21)23(30)27-19-10-4-6-16(14-19)24(31)28-13-5-7-17(15-28)22(29)26-18-8-2-1-3-9-18/h1-4,6,8-12,14,17H,5,7,13,15H2,(H,26,29)(H,27,30). The SMILES string of the molecule is O=C(Nc1cccc(C(=O)N2CCCC(C(=O)Nc3ccccc3)C2)c1)c1ccc(Br)o1. The van der Waals surface area contributed by atoms with Gasteiger partial charge < -0.3 is 20.0 Å². The zero-order chi connectivity index (χ0) is 22.5. The van der Waals surface area contributed by atoms with E-state index in [1.54, 1.807) is 41.3 Å². The Morgan fingerprint density at radius 3 is 2.47 bits per heavy atom. The highest BCUT2D eigenvalue weighted by Crippen LogP contribution is 2.22. The minimum atomic E-state index is -0.407. The van der Waals surface area contributed by atoms with Crippen LogP contribution >= 0.6 is 15.9 Å². The fourth-order valence-electron chi connectivity index (χ4n) is 3.68. The third-order valence-electron chi connectivity index (χ3n) is 5.29. The zero-order valence-corrected chi connectivity index (χ0v) is 18.8. The summed E-state index contributed by atoms with van der Waals surface area (Å²) in [6.45, 7) is 0.944. The third kappa shape index (κ3) is 5.26. The number of para-hydroxylation sites is 1. The van der Waals surface area contributed by atoms with Gasteiger partial charge in [0, 0.05) is 30.0 Å². The van der Waals surface area contributed by atoms with Crippen LogP contribution < -0.4 is 10.6 Å². The third-order valence-corrected chi connectivity index (χ3v) is 5.71. The molecule has 1 fully saturated rings. The molecule has 4 rings (SSSR count). The second-order valence-corrected chi connectivity index (χ2v) is 8.37. The van der Waals surface area contributed by atoms with Gasteiger partial charge in [0.15, 0.2) is 10.4 Å². The monoisotopic (exact) mass is 495 g/mol. The van der Waals surface area contributed by atoms with E-state index in [9.17, 15) is 14.4 Å². The van der Waals surface area contributed by atoms with E-state index < -0.39 is 5.91 Å². The van der Waals surface area contributed by atoms with Crippen LogP contribution in [0.3, 0.4) is 0 Å². The van der Waals surface area contributed by atoms with Gasteiger partial charge in [0.25, 0.3) is 11.8 Å².